The first-order valence-corrected chi connectivity index (χ1v) is 7.15. The van der Waals surface area contributed by atoms with Crippen molar-refractivity contribution in [2.45, 2.75) is 25.0 Å². The van der Waals surface area contributed by atoms with Crippen molar-refractivity contribution in [2.24, 2.45) is 0 Å². The van der Waals surface area contributed by atoms with Crippen molar-refractivity contribution in [3.05, 3.63) is 29.3 Å². The molecule has 1 aromatic rings. The van der Waals surface area contributed by atoms with E-state index in [2.05, 4.69) is 5.32 Å². The Morgan fingerprint density at radius 1 is 1.41 bits per heavy atom. The number of amides is 1. The molecule has 1 saturated heterocycles. The van der Waals surface area contributed by atoms with E-state index in [1.54, 1.807) is 0 Å². The topological polar surface area (TPSA) is 65.4 Å². The Morgan fingerprint density at radius 3 is 3.00 bits per heavy atom. The molecule has 1 amide bonds. The molecule has 0 aliphatic carbocycles. The van der Waals surface area contributed by atoms with Crippen LogP contribution in [0.15, 0.2) is 12.1 Å². The van der Waals surface area contributed by atoms with Gasteiger partial charge in [-0.05, 0) is 24.6 Å². The van der Waals surface area contributed by atoms with Crippen molar-refractivity contribution in [3.8, 4) is 6.07 Å². The van der Waals surface area contributed by atoms with Crippen molar-refractivity contribution in [3.63, 3.8) is 0 Å². The maximum absolute atomic E-state index is 14.1. The van der Waals surface area contributed by atoms with Crippen LogP contribution < -0.4 is 10.2 Å². The van der Waals surface area contributed by atoms with Crippen molar-refractivity contribution >= 4 is 11.6 Å². The number of carbonyl (C=O) groups excluding carboxylic acids is 1. The molecule has 3 aliphatic heterocycles. The summed E-state index contributed by atoms with van der Waals surface area (Å²) >= 11 is 0. The van der Waals surface area contributed by atoms with Crippen molar-refractivity contribution in [1.82, 2.24) is 5.32 Å². The van der Waals surface area contributed by atoms with Crippen LogP contribution in [-0.4, -0.2) is 37.7 Å². The molecule has 2 bridgehead atoms. The van der Waals surface area contributed by atoms with Gasteiger partial charge in [-0.15, -0.1) is 0 Å². The molecular weight excluding hydrogens is 292 g/mol. The van der Waals surface area contributed by atoms with E-state index < -0.39 is 29.7 Å². The molecule has 1 aromatic carbocycles. The number of anilines is 1. The zero-order valence-electron chi connectivity index (χ0n) is 11.8. The summed E-state index contributed by atoms with van der Waals surface area (Å²) in [5, 5.41) is 12.4. The predicted molar refractivity (Wildman–Crippen MR) is 74.2 cm³/mol. The highest BCUT2D eigenvalue weighted by Crippen LogP contribution is 2.32. The summed E-state index contributed by atoms with van der Waals surface area (Å²) in [6.07, 6.45) is -0.0815. The number of benzene rings is 1. The largest absolute Gasteiger partial charge is 0.367 e. The molecule has 0 saturated carbocycles. The van der Waals surface area contributed by atoms with Crippen LogP contribution in [0.5, 0.6) is 0 Å². The number of rotatable bonds is 1. The van der Waals surface area contributed by atoms with Crippen LogP contribution in [0.1, 0.15) is 12.0 Å². The molecule has 1 fully saturated rings. The summed E-state index contributed by atoms with van der Waals surface area (Å²) < 4.78 is 33.5. The first-order valence-electron chi connectivity index (χ1n) is 7.15. The SMILES string of the molecule is N#C[C@@H]1Cc2ccc(c(F)c2F)N1C(=O)[C@@H]1CNCCCO1. The van der Waals surface area contributed by atoms with Gasteiger partial charge < -0.3 is 10.1 Å². The highest BCUT2D eigenvalue weighted by Gasteiger charge is 2.37. The number of ether oxygens (including phenoxy) is 1. The van der Waals surface area contributed by atoms with Gasteiger partial charge >= 0.3 is 0 Å². The van der Waals surface area contributed by atoms with Gasteiger partial charge in [0, 0.05) is 19.6 Å². The van der Waals surface area contributed by atoms with Gasteiger partial charge in [0.25, 0.3) is 5.91 Å². The van der Waals surface area contributed by atoms with Gasteiger partial charge in [-0.3, -0.25) is 9.69 Å². The van der Waals surface area contributed by atoms with E-state index in [4.69, 9.17) is 4.74 Å². The molecule has 22 heavy (non-hydrogen) atoms. The van der Waals surface area contributed by atoms with Crippen LogP contribution in [0, 0.1) is 23.0 Å². The normalized spacial score (nSPS) is 24.5. The summed E-state index contributed by atoms with van der Waals surface area (Å²) in [5.41, 5.74) is -0.105. The van der Waals surface area contributed by atoms with Gasteiger partial charge in [-0.25, -0.2) is 8.78 Å². The fourth-order valence-electron chi connectivity index (χ4n) is 2.79. The van der Waals surface area contributed by atoms with E-state index in [-0.39, 0.29) is 24.2 Å². The smallest absolute Gasteiger partial charge is 0.258 e. The lowest BCUT2D eigenvalue weighted by molar-refractivity contribution is -0.129. The zero-order valence-corrected chi connectivity index (χ0v) is 11.8. The molecule has 7 heteroatoms. The minimum atomic E-state index is -1.09. The van der Waals surface area contributed by atoms with E-state index in [1.165, 1.54) is 12.1 Å². The monoisotopic (exact) mass is 307 g/mol. The molecule has 1 N–H and O–H groups in total. The molecule has 3 heterocycles. The second-order valence-electron chi connectivity index (χ2n) is 5.35. The van der Waals surface area contributed by atoms with E-state index in [9.17, 15) is 18.8 Å². The highest BCUT2D eigenvalue weighted by molar-refractivity contribution is 5.98. The van der Waals surface area contributed by atoms with Crippen molar-refractivity contribution in [2.75, 3.05) is 24.6 Å². The molecule has 116 valence electrons. The molecule has 0 spiro atoms. The van der Waals surface area contributed by atoms with Crippen LogP contribution in [0.4, 0.5) is 14.5 Å². The Bertz CT molecular complexity index is 636. The first kappa shape index (κ1) is 14.9. The Balaban J connectivity index is 1.97. The zero-order chi connectivity index (χ0) is 15.7. The van der Waals surface area contributed by atoms with Crippen LogP contribution >= 0.6 is 0 Å². The quantitative estimate of drug-likeness (QED) is 0.844. The fourth-order valence-corrected chi connectivity index (χ4v) is 2.79. The lowest BCUT2D eigenvalue weighted by Gasteiger charge is -2.28. The third kappa shape index (κ3) is 2.45. The number of fused-ring (bicyclic) bond motifs is 4. The lowest BCUT2D eigenvalue weighted by Crippen LogP contribution is -2.49. The third-order valence-corrected chi connectivity index (χ3v) is 3.93. The summed E-state index contributed by atoms with van der Waals surface area (Å²) in [7, 11) is 0. The number of hydrogen-bond donors (Lipinski definition) is 1. The van der Waals surface area contributed by atoms with E-state index in [0.717, 1.165) is 17.9 Å². The number of hydrogen-bond acceptors (Lipinski definition) is 4. The van der Waals surface area contributed by atoms with Gasteiger partial charge in [0.15, 0.2) is 11.6 Å². The molecule has 4 rings (SSSR count). The number of halogens is 2. The minimum Gasteiger partial charge on any atom is -0.367 e. The van der Waals surface area contributed by atoms with Crippen molar-refractivity contribution in [1.29, 1.82) is 5.26 Å². The maximum atomic E-state index is 14.1. The first-order chi connectivity index (χ1) is 10.6. The summed E-state index contributed by atoms with van der Waals surface area (Å²) in [6, 6.07) is 3.77. The number of nitrogens with zero attached hydrogens (tertiary/aromatic N) is 2. The average molecular weight is 307 g/mol. The standard InChI is InChI=1S/C15H15F2N3O2/c16-13-9-2-3-11(14(13)17)20(10(6-9)7-18)15(21)12-8-19-4-1-5-22-12/h2-3,10,12,19H,1,4-6,8H2/t10-,12-/m0/s1. The Morgan fingerprint density at radius 2 is 2.23 bits per heavy atom. The molecule has 5 nitrogen and oxygen atoms in total. The molecule has 0 aromatic heterocycles. The predicted octanol–water partition coefficient (Wildman–Crippen LogP) is 1.12. The van der Waals surface area contributed by atoms with Crippen LogP contribution in [-0.2, 0) is 16.0 Å². The second kappa shape index (κ2) is 5.99. The number of nitrogens with one attached hydrogen (secondary N) is 1. The second-order valence-corrected chi connectivity index (χ2v) is 5.35. The van der Waals surface area contributed by atoms with Gasteiger partial charge in [0.1, 0.15) is 12.1 Å². The molecule has 0 unspecified atom stereocenters. The van der Waals surface area contributed by atoms with Gasteiger partial charge in [-0.2, -0.15) is 5.26 Å². The highest BCUT2D eigenvalue weighted by atomic mass is 19.2. The summed E-state index contributed by atoms with van der Waals surface area (Å²) in [6.45, 7) is 1.42. The van der Waals surface area contributed by atoms with Crippen molar-refractivity contribution < 1.29 is 18.3 Å². The van der Waals surface area contributed by atoms with Crippen LogP contribution in [0.25, 0.3) is 0 Å². The number of carbonyl (C=O) groups is 1. The molecule has 2 atom stereocenters. The van der Waals surface area contributed by atoms with Gasteiger partial charge in [-0.1, -0.05) is 6.07 Å². The van der Waals surface area contributed by atoms with Crippen LogP contribution in [0.2, 0.25) is 0 Å². The molecular formula is C15H15F2N3O2. The third-order valence-electron chi connectivity index (χ3n) is 3.93. The maximum Gasteiger partial charge on any atom is 0.258 e. The summed E-state index contributed by atoms with van der Waals surface area (Å²) in [4.78, 5) is 13.7. The minimum absolute atomic E-state index is 0.0400. The van der Waals surface area contributed by atoms with Crippen LogP contribution in [0.3, 0.4) is 0 Å². The van der Waals surface area contributed by atoms with Gasteiger partial charge in [0.2, 0.25) is 0 Å². The molecule has 3 aliphatic rings. The van der Waals surface area contributed by atoms with E-state index >= 15 is 0 Å². The Kier molecular flexibility index (Phi) is 4.05. The van der Waals surface area contributed by atoms with E-state index in [1.807, 2.05) is 6.07 Å². The lowest BCUT2D eigenvalue weighted by atomic mass is 10.1. The average Bonchev–Trinajstić information content (AvgIpc) is 2.93. The fraction of sp³-hybridized carbons (Fsp3) is 0.467. The molecule has 0 radical (unpaired) electrons. The Hall–Kier alpha value is -2.04. The number of nitriles is 1. The Labute approximate surface area is 126 Å². The van der Waals surface area contributed by atoms with Gasteiger partial charge in [0.05, 0.1) is 11.8 Å². The van der Waals surface area contributed by atoms with E-state index in [0.29, 0.717) is 6.61 Å². The summed E-state index contributed by atoms with van der Waals surface area (Å²) in [5.74, 6) is -2.61.